The Bertz CT molecular complexity index is 539. The Labute approximate surface area is 127 Å². The topological polar surface area (TPSA) is 75.3 Å². The third-order valence-electron chi connectivity index (χ3n) is 4.57. The molecule has 0 saturated heterocycles. The lowest BCUT2D eigenvalue weighted by molar-refractivity contribution is -0.0663. The molecule has 1 aliphatic carbocycles. The standard InChI is InChI=1S/C15H21BrN2O2/c1-14(2)12(17)15(3,4)13(14)18-11(20)8-5-6-9(16)10(19)7-8/h5-7,12-13,19H,17H2,1-4H3,(H,18,20). The minimum atomic E-state index is -0.189. The lowest BCUT2D eigenvalue weighted by Gasteiger charge is -2.62. The molecule has 0 aromatic heterocycles. The normalized spacial score (nSPS) is 26.7. The summed E-state index contributed by atoms with van der Waals surface area (Å²) in [6.45, 7) is 8.25. The quantitative estimate of drug-likeness (QED) is 0.774. The molecule has 4 nitrogen and oxygen atoms in total. The number of aromatic hydroxyl groups is 1. The molecule has 110 valence electrons. The SMILES string of the molecule is CC1(C)C(N)C(C)(C)C1NC(=O)c1ccc(Br)c(O)c1. The predicted octanol–water partition coefficient (Wildman–Crippen LogP) is 2.65. The lowest BCUT2D eigenvalue weighted by Crippen LogP contribution is -2.76. The third kappa shape index (κ3) is 2.23. The van der Waals surface area contributed by atoms with E-state index in [0.29, 0.717) is 10.0 Å². The van der Waals surface area contributed by atoms with Crippen LogP contribution in [0.4, 0.5) is 0 Å². The fourth-order valence-corrected chi connectivity index (χ4v) is 3.67. The number of nitrogens with two attached hydrogens (primary N) is 1. The molecule has 0 atom stereocenters. The molecule has 1 fully saturated rings. The number of rotatable bonds is 2. The molecule has 0 bridgehead atoms. The van der Waals surface area contributed by atoms with Gasteiger partial charge in [0, 0.05) is 28.5 Å². The Kier molecular flexibility index (Phi) is 3.63. The highest BCUT2D eigenvalue weighted by molar-refractivity contribution is 9.10. The summed E-state index contributed by atoms with van der Waals surface area (Å²) < 4.78 is 0.570. The Morgan fingerprint density at radius 2 is 1.85 bits per heavy atom. The number of carbonyl (C=O) groups is 1. The van der Waals surface area contributed by atoms with E-state index in [9.17, 15) is 9.90 Å². The average Bonchev–Trinajstić information content (AvgIpc) is 2.37. The second-order valence-electron chi connectivity index (χ2n) is 6.69. The first-order chi connectivity index (χ1) is 9.08. The van der Waals surface area contributed by atoms with Gasteiger partial charge in [0.15, 0.2) is 0 Å². The van der Waals surface area contributed by atoms with Crippen LogP contribution in [0.15, 0.2) is 22.7 Å². The van der Waals surface area contributed by atoms with E-state index in [2.05, 4.69) is 48.9 Å². The highest BCUT2D eigenvalue weighted by Gasteiger charge is 2.60. The highest BCUT2D eigenvalue weighted by atomic mass is 79.9. The Morgan fingerprint density at radius 3 is 2.35 bits per heavy atom. The molecule has 1 aliphatic rings. The number of nitrogens with one attached hydrogen (secondary N) is 1. The van der Waals surface area contributed by atoms with Crippen LogP contribution in [0.1, 0.15) is 38.1 Å². The van der Waals surface area contributed by atoms with Crippen molar-refractivity contribution in [3.63, 3.8) is 0 Å². The number of hydrogen-bond acceptors (Lipinski definition) is 3. The minimum absolute atomic E-state index is 0.00305. The zero-order valence-electron chi connectivity index (χ0n) is 12.2. The van der Waals surface area contributed by atoms with Crippen molar-refractivity contribution in [1.82, 2.24) is 5.32 Å². The smallest absolute Gasteiger partial charge is 0.251 e. The van der Waals surface area contributed by atoms with Gasteiger partial charge in [-0.25, -0.2) is 0 Å². The lowest BCUT2D eigenvalue weighted by atomic mass is 9.48. The molecule has 0 aliphatic heterocycles. The van der Waals surface area contributed by atoms with Gasteiger partial charge in [-0.3, -0.25) is 4.79 Å². The summed E-state index contributed by atoms with van der Waals surface area (Å²) in [5, 5.41) is 12.7. The molecule has 0 heterocycles. The molecule has 1 aromatic carbocycles. The van der Waals surface area contributed by atoms with Gasteiger partial charge in [-0.2, -0.15) is 0 Å². The molecule has 0 unspecified atom stereocenters. The summed E-state index contributed by atoms with van der Waals surface area (Å²) in [5.41, 5.74) is 6.34. The Morgan fingerprint density at radius 1 is 1.30 bits per heavy atom. The van der Waals surface area contributed by atoms with Crippen molar-refractivity contribution in [3.8, 4) is 5.75 Å². The van der Waals surface area contributed by atoms with Crippen molar-refractivity contribution in [2.24, 2.45) is 16.6 Å². The molecule has 0 radical (unpaired) electrons. The molecular weight excluding hydrogens is 320 g/mol. The molecule has 1 amide bonds. The van der Waals surface area contributed by atoms with E-state index in [1.807, 2.05) is 0 Å². The number of carbonyl (C=O) groups excluding carboxylic acids is 1. The number of benzene rings is 1. The number of amides is 1. The van der Waals surface area contributed by atoms with Crippen LogP contribution in [0.2, 0.25) is 0 Å². The summed E-state index contributed by atoms with van der Waals surface area (Å²) in [7, 11) is 0. The van der Waals surface area contributed by atoms with Crippen molar-refractivity contribution in [2.45, 2.75) is 39.8 Å². The number of hydrogen-bond donors (Lipinski definition) is 3. The van der Waals surface area contributed by atoms with Gasteiger partial charge in [0.25, 0.3) is 5.91 Å². The number of phenolic OH excluding ortho intramolecular Hbond substituents is 1. The first-order valence-corrected chi connectivity index (χ1v) is 7.42. The molecule has 5 heteroatoms. The summed E-state index contributed by atoms with van der Waals surface area (Å²) in [5.74, 6) is -0.132. The van der Waals surface area contributed by atoms with E-state index in [4.69, 9.17) is 5.73 Å². The van der Waals surface area contributed by atoms with E-state index in [1.165, 1.54) is 6.07 Å². The number of halogens is 1. The second kappa shape index (κ2) is 4.74. The van der Waals surface area contributed by atoms with Gasteiger partial charge in [-0.1, -0.05) is 27.7 Å². The van der Waals surface area contributed by atoms with Gasteiger partial charge in [0.2, 0.25) is 0 Å². The van der Waals surface area contributed by atoms with Crippen molar-refractivity contribution in [1.29, 1.82) is 0 Å². The summed E-state index contributed by atoms with van der Waals surface area (Å²) in [6.07, 6.45) is 0. The first kappa shape index (κ1) is 15.3. The monoisotopic (exact) mass is 340 g/mol. The van der Waals surface area contributed by atoms with Gasteiger partial charge < -0.3 is 16.2 Å². The van der Waals surface area contributed by atoms with E-state index in [1.54, 1.807) is 12.1 Å². The van der Waals surface area contributed by atoms with Gasteiger partial charge in [-0.05, 0) is 34.1 Å². The summed E-state index contributed by atoms with van der Waals surface area (Å²) in [4.78, 5) is 12.3. The zero-order valence-corrected chi connectivity index (χ0v) is 13.8. The van der Waals surface area contributed by atoms with Crippen molar-refractivity contribution in [2.75, 3.05) is 0 Å². The van der Waals surface area contributed by atoms with Crippen LogP contribution in [0, 0.1) is 10.8 Å². The van der Waals surface area contributed by atoms with E-state index < -0.39 is 0 Å². The maximum atomic E-state index is 12.3. The van der Waals surface area contributed by atoms with Crippen molar-refractivity contribution >= 4 is 21.8 Å². The van der Waals surface area contributed by atoms with Gasteiger partial charge in [0.05, 0.1) is 4.47 Å². The van der Waals surface area contributed by atoms with Crippen LogP contribution >= 0.6 is 15.9 Å². The van der Waals surface area contributed by atoms with Crippen LogP contribution < -0.4 is 11.1 Å². The molecule has 1 aromatic rings. The minimum Gasteiger partial charge on any atom is -0.507 e. The van der Waals surface area contributed by atoms with E-state index >= 15 is 0 Å². The maximum Gasteiger partial charge on any atom is 0.251 e. The summed E-state index contributed by atoms with van der Waals surface area (Å²) in [6, 6.07) is 4.84. The maximum absolute atomic E-state index is 12.3. The first-order valence-electron chi connectivity index (χ1n) is 6.63. The molecule has 0 spiro atoms. The van der Waals surface area contributed by atoms with Crippen molar-refractivity contribution < 1.29 is 9.90 Å². The van der Waals surface area contributed by atoms with Crippen LogP contribution in [-0.2, 0) is 0 Å². The molecular formula is C15H21BrN2O2. The fraction of sp³-hybridized carbons (Fsp3) is 0.533. The van der Waals surface area contributed by atoms with E-state index in [-0.39, 0.29) is 34.6 Å². The average molecular weight is 341 g/mol. The molecule has 2 rings (SSSR count). The fourth-order valence-electron chi connectivity index (χ4n) is 3.42. The van der Waals surface area contributed by atoms with Crippen LogP contribution in [0.25, 0.3) is 0 Å². The van der Waals surface area contributed by atoms with Crippen molar-refractivity contribution in [3.05, 3.63) is 28.2 Å². The number of phenols is 1. The van der Waals surface area contributed by atoms with Crippen LogP contribution in [-0.4, -0.2) is 23.1 Å². The second-order valence-corrected chi connectivity index (χ2v) is 7.55. The van der Waals surface area contributed by atoms with Gasteiger partial charge in [-0.15, -0.1) is 0 Å². The Hall–Kier alpha value is -1.07. The van der Waals surface area contributed by atoms with Gasteiger partial charge in [0.1, 0.15) is 5.75 Å². The largest absolute Gasteiger partial charge is 0.507 e. The third-order valence-corrected chi connectivity index (χ3v) is 5.25. The van der Waals surface area contributed by atoms with Crippen LogP contribution in [0.3, 0.4) is 0 Å². The highest BCUT2D eigenvalue weighted by Crippen LogP contribution is 2.52. The van der Waals surface area contributed by atoms with E-state index in [0.717, 1.165) is 0 Å². The molecule has 4 N–H and O–H groups in total. The zero-order chi connectivity index (χ0) is 15.3. The molecule has 1 saturated carbocycles. The Balaban J connectivity index is 2.18. The molecule has 20 heavy (non-hydrogen) atoms. The van der Waals surface area contributed by atoms with Gasteiger partial charge >= 0.3 is 0 Å². The van der Waals surface area contributed by atoms with Crippen LogP contribution in [0.5, 0.6) is 5.75 Å². The summed E-state index contributed by atoms with van der Waals surface area (Å²) >= 11 is 3.20. The predicted molar refractivity (Wildman–Crippen MR) is 82.6 cm³/mol.